The van der Waals surface area contributed by atoms with Crippen LogP contribution < -0.4 is 10.5 Å². The lowest BCUT2D eigenvalue weighted by Gasteiger charge is -2.31. The average molecular weight is 310 g/mol. The van der Waals surface area contributed by atoms with Crippen molar-refractivity contribution in [2.75, 3.05) is 13.1 Å². The van der Waals surface area contributed by atoms with E-state index in [1.807, 2.05) is 59.5 Å². The fourth-order valence-corrected chi connectivity index (χ4v) is 2.90. The van der Waals surface area contributed by atoms with Gasteiger partial charge in [0.25, 0.3) is 5.91 Å². The van der Waals surface area contributed by atoms with Crippen molar-refractivity contribution in [1.82, 2.24) is 4.90 Å². The molecule has 23 heavy (non-hydrogen) atoms. The number of amides is 1. The van der Waals surface area contributed by atoms with E-state index in [0.717, 1.165) is 30.7 Å². The molecule has 1 atom stereocenters. The molecule has 1 amide bonds. The predicted molar refractivity (Wildman–Crippen MR) is 90.3 cm³/mol. The molecule has 1 heterocycles. The van der Waals surface area contributed by atoms with Gasteiger partial charge in [-0.15, -0.1) is 0 Å². The summed E-state index contributed by atoms with van der Waals surface area (Å²) in [6, 6.07) is 17.4. The average Bonchev–Trinajstić information content (AvgIpc) is 2.60. The van der Waals surface area contributed by atoms with Crippen LogP contribution in [0, 0.1) is 0 Å². The van der Waals surface area contributed by atoms with E-state index >= 15 is 0 Å². The largest absolute Gasteiger partial charge is 0.489 e. The molecule has 4 heteroatoms. The standard InChI is InChI=1S/C19H22N2O2/c20-16-8-6-12-21(13-16)19(22)18-11-5-4-7-15(18)14-23-17-9-2-1-3-10-17/h1-5,7,9-11,16H,6,8,12-14,20H2. The second-order valence-electron chi connectivity index (χ2n) is 5.91. The molecule has 1 aliphatic heterocycles. The van der Waals surface area contributed by atoms with Crippen LogP contribution >= 0.6 is 0 Å². The van der Waals surface area contributed by atoms with Crippen molar-refractivity contribution in [1.29, 1.82) is 0 Å². The van der Waals surface area contributed by atoms with E-state index in [-0.39, 0.29) is 11.9 Å². The first-order valence-corrected chi connectivity index (χ1v) is 8.04. The Hall–Kier alpha value is -2.33. The molecule has 0 aliphatic carbocycles. The van der Waals surface area contributed by atoms with Crippen molar-refractivity contribution in [3.8, 4) is 5.75 Å². The van der Waals surface area contributed by atoms with Crippen LogP contribution in [0.3, 0.4) is 0 Å². The number of benzene rings is 2. The zero-order valence-electron chi connectivity index (χ0n) is 13.2. The number of ether oxygens (including phenoxy) is 1. The first-order valence-electron chi connectivity index (χ1n) is 8.04. The molecule has 3 rings (SSSR count). The second-order valence-corrected chi connectivity index (χ2v) is 5.91. The van der Waals surface area contributed by atoms with Crippen LogP contribution in [0.5, 0.6) is 5.75 Å². The molecule has 2 aromatic carbocycles. The Balaban J connectivity index is 1.73. The van der Waals surface area contributed by atoms with Crippen molar-refractivity contribution >= 4 is 5.91 Å². The SMILES string of the molecule is NC1CCCN(C(=O)c2ccccc2COc2ccccc2)C1. The fourth-order valence-electron chi connectivity index (χ4n) is 2.90. The smallest absolute Gasteiger partial charge is 0.254 e. The predicted octanol–water partition coefficient (Wildman–Crippen LogP) is 2.83. The van der Waals surface area contributed by atoms with E-state index in [2.05, 4.69) is 0 Å². The number of hydrogen-bond donors (Lipinski definition) is 1. The highest BCUT2D eigenvalue weighted by Gasteiger charge is 2.23. The molecule has 120 valence electrons. The van der Waals surface area contributed by atoms with Gasteiger partial charge >= 0.3 is 0 Å². The first-order chi connectivity index (χ1) is 11.2. The minimum atomic E-state index is 0.0485. The summed E-state index contributed by atoms with van der Waals surface area (Å²) in [5, 5.41) is 0. The number of likely N-dealkylation sites (tertiary alicyclic amines) is 1. The maximum atomic E-state index is 12.8. The van der Waals surface area contributed by atoms with E-state index in [0.29, 0.717) is 18.7 Å². The van der Waals surface area contributed by atoms with Gasteiger partial charge < -0.3 is 15.4 Å². The van der Waals surface area contributed by atoms with E-state index < -0.39 is 0 Å². The maximum absolute atomic E-state index is 12.8. The van der Waals surface area contributed by atoms with Crippen LogP contribution in [0.4, 0.5) is 0 Å². The zero-order valence-corrected chi connectivity index (χ0v) is 13.2. The third kappa shape index (κ3) is 3.90. The Morgan fingerprint density at radius 2 is 1.87 bits per heavy atom. The molecule has 1 fully saturated rings. The number of piperidine rings is 1. The van der Waals surface area contributed by atoms with Gasteiger partial charge in [-0.05, 0) is 31.0 Å². The normalized spacial score (nSPS) is 17.8. The molecule has 0 spiro atoms. The second kappa shape index (κ2) is 7.29. The van der Waals surface area contributed by atoms with E-state index in [1.165, 1.54) is 0 Å². The summed E-state index contributed by atoms with van der Waals surface area (Å²) in [7, 11) is 0. The Bertz CT molecular complexity index is 657. The summed E-state index contributed by atoms with van der Waals surface area (Å²) in [6.07, 6.45) is 1.96. The van der Waals surface area contributed by atoms with Gasteiger partial charge in [0.1, 0.15) is 12.4 Å². The molecule has 1 aliphatic rings. The minimum Gasteiger partial charge on any atom is -0.489 e. The number of hydrogen-bond acceptors (Lipinski definition) is 3. The van der Waals surface area contributed by atoms with Crippen LogP contribution in [0.2, 0.25) is 0 Å². The molecule has 4 nitrogen and oxygen atoms in total. The first kappa shape index (κ1) is 15.6. The van der Waals surface area contributed by atoms with Crippen LogP contribution in [-0.4, -0.2) is 29.9 Å². The van der Waals surface area contributed by atoms with Crippen LogP contribution in [-0.2, 0) is 6.61 Å². The van der Waals surface area contributed by atoms with Crippen molar-refractivity contribution in [2.45, 2.75) is 25.5 Å². The summed E-state index contributed by atoms with van der Waals surface area (Å²) in [5.74, 6) is 0.849. The molecule has 0 saturated carbocycles. The molecule has 1 saturated heterocycles. The van der Waals surface area contributed by atoms with Crippen molar-refractivity contribution in [2.24, 2.45) is 5.73 Å². The van der Waals surface area contributed by atoms with E-state index in [9.17, 15) is 4.79 Å². The van der Waals surface area contributed by atoms with Gasteiger partial charge in [-0.2, -0.15) is 0 Å². The number of carbonyl (C=O) groups excluding carboxylic acids is 1. The fraction of sp³-hybridized carbons (Fsp3) is 0.316. The molecule has 0 bridgehead atoms. The molecule has 1 unspecified atom stereocenters. The third-order valence-corrected chi connectivity index (χ3v) is 4.13. The highest BCUT2D eigenvalue weighted by atomic mass is 16.5. The highest BCUT2D eigenvalue weighted by Crippen LogP contribution is 2.18. The molecule has 0 radical (unpaired) electrons. The Morgan fingerprint density at radius 1 is 1.13 bits per heavy atom. The number of nitrogens with two attached hydrogens (primary N) is 1. The quantitative estimate of drug-likeness (QED) is 0.945. The Labute approximate surface area is 136 Å². The summed E-state index contributed by atoms with van der Waals surface area (Å²) < 4.78 is 5.80. The van der Waals surface area contributed by atoms with E-state index in [1.54, 1.807) is 0 Å². The minimum absolute atomic E-state index is 0.0485. The van der Waals surface area contributed by atoms with Crippen molar-refractivity contribution in [3.63, 3.8) is 0 Å². The molecule has 2 N–H and O–H groups in total. The van der Waals surface area contributed by atoms with Gasteiger partial charge in [-0.25, -0.2) is 0 Å². The lowest BCUT2D eigenvalue weighted by molar-refractivity contribution is 0.0706. The number of nitrogens with zero attached hydrogens (tertiary/aromatic N) is 1. The number of rotatable bonds is 4. The summed E-state index contributed by atoms with van der Waals surface area (Å²) >= 11 is 0. The molecular formula is C19H22N2O2. The molecule has 2 aromatic rings. The monoisotopic (exact) mass is 310 g/mol. The Kier molecular flexibility index (Phi) is 4.93. The van der Waals surface area contributed by atoms with Gasteiger partial charge in [0.15, 0.2) is 0 Å². The lowest BCUT2D eigenvalue weighted by Crippen LogP contribution is -2.45. The molecule has 0 aromatic heterocycles. The van der Waals surface area contributed by atoms with Gasteiger partial charge in [0, 0.05) is 30.3 Å². The highest BCUT2D eigenvalue weighted by molar-refractivity contribution is 5.95. The number of para-hydroxylation sites is 1. The van der Waals surface area contributed by atoms with Crippen molar-refractivity contribution in [3.05, 3.63) is 65.7 Å². The summed E-state index contributed by atoms with van der Waals surface area (Å²) in [5.41, 5.74) is 7.60. The summed E-state index contributed by atoms with van der Waals surface area (Å²) in [4.78, 5) is 14.6. The molecular weight excluding hydrogens is 288 g/mol. The van der Waals surface area contributed by atoms with Crippen LogP contribution in [0.15, 0.2) is 54.6 Å². The van der Waals surface area contributed by atoms with Gasteiger partial charge in [-0.3, -0.25) is 4.79 Å². The lowest BCUT2D eigenvalue weighted by atomic mass is 10.0. The van der Waals surface area contributed by atoms with Crippen LogP contribution in [0.25, 0.3) is 0 Å². The van der Waals surface area contributed by atoms with Crippen LogP contribution in [0.1, 0.15) is 28.8 Å². The zero-order chi connectivity index (χ0) is 16.1. The van der Waals surface area contributed by atoms with Crippen molar-refractivity contribution < 1.29 is 9.53 Å². The number of carbonyl (C=O) groups is 1. The van der Waals surface area contributed by atoms with Gasteiger partial charge in [-0.1, -0.05) is 36.4 Å². The summed E-state index contributed by atoms with van der Waals surface area (Å²) in [6.45, 7) is 1.79. The van der Waals surface area contributed by atoms with Gasteiger partial charge in [0.2, 0.25) is 0 Å². The Morgan fingerprint density at radius 3 is 2.65 bits per heavy atom. The maximum Gasteiger partial charge on any atom is 0.254 e. The van der Waals surface area contributed by atoms with E-state index in [4.69, 9.17) is 10.5 Å². The topological polar surface area (TPSA) is 55.6 Å². The van der Waals surface area contributed by atoms with Gasteiger partial charge in [0.05, 0.1) is 0 Å². The third-order valence-electron chi connectivity index (χ3n) is 4.13.